The molecule has 1 N–H and O–H groups in total. The van der Waals surface area contributed by atoms with Gasteiger partial charge >= 0.3 is 21.5 Å². The van der Waals surface area contributed by atoms with Crippen LogP contribution in [0.4, 0.5) is 18.9 Å². The van der Waals surface area contributed by atoms with E-state index < -0.39 is 27.1 Å². The second kappa shape index (κ2) is 9.02. The van der Waals surface area contributed by atoms with E-state index in [1.54, 1.807) is 19.9 Å². The van der Waals surface area contributed by atoms with E-state index in [0.29, 0.717) is 11.1 Å². The van der Waals surface area contributed by atoms with Crippen molar-refractivity contribution in [1.29, 1.82) is 0 Å². The van der Waals surface area contributed by atoms with Gasteiger partial charge in [0.2, 0.25) is 0 Å². The molecule has 2 aromatic carbocycles. The summed E-state index contributed by atoms with van der Waals surface area (Å²) in [6.45, 7) is 3.26. The first-order valence-electron chi connectivity index (χ1n) is 7.71. The molecule has 0 unspecified atom stereocenters. The van der Waals surface area contributed by atoms with Gasteiger partial charge in [0, 0.05) is 16.4 Å². The molecule has 0 aliphatic rings. The largest absolute Gasteiger partial charge is 0.516 e. The maximum Gasteiger partial charge on any atom is 0.516 e. The first-order chi connectivity index (χ1) is 13.1. The fraction of sp³-hybridized carbons (Fsp3) is 0.235. The summed E-state index contributed by atoms with van der Waals surface area (Å²) in [5.74, 6) is -0.544. The third kappa shape index (κ3) is 6.09. The summed E-state index contributed by atoms with van der Waals surface area (Å²) in [5, 5.41) is 0. The van der Waals surface area contributed by atoms with Gasteiger partial charge in [-0.3, -0.25) is 4.72 Å². The Bertz CT molecular complexity index is 1040. The lowest BCUT2D eigenvalue weighted by Crippen LogP contribution is -2.30. The van der Waals surface area contributed by atoms with Crippen molar-refractivity contribution in [2.75, 3.05) is 4.72 Å². The molecule has 29 heavy (non-hydrogen) atoms. The number of ether oxygens (including phenoxy) is 1. The highest BCUT2D eigenvalue weighted by molar-refractivity contribution is 14.1. The molecule has 0 fully saturated rings. The smallest absolute Gasteiger partial charge is 0.451 e. The SMILES string of the molecule is CC(C)(OC(=O)c1cc(I)cc(I)c1I)c1ccc(NS(=O)(=O)C(F)(F)F)cc1. The highest BCUT2D eigenvalue weighted by Gasteiger charge is 2.46. The van der Waals surface area contributed by atoms with Gasteiger partial charge in [-0.2, -0.15) is 21.6 Å². The van der Waals surface area contributed by atoms with Crippen LogP contribution in [0.15, 0.2) is 36.4 Å². The standard InChI is InChI=1S/C17H13F3I3NO4S/c1-16(2,28-15(25)12-7-10(21)8-13(22)14(12)23)9-3-5-11(6-4-9)24-29(26,27)17(18,19)20/h3-8,24H,1-2H3. The summed E-state index contributed by atoms with van der Waals surface area (Å²) >= 11 is 6.28. The van der Waals surface area contributed by atoms with E-state index in [4.69, 9.17) is 4.74 Å². The Hall–Kier alpha value is -0.360. The molecule has 12 heteroatoms. The monoisotopic (exact) mass is 765 g/mol. The van der Waals surface area contributed by atoms with Crippen LogP contribution >= 0.6 is 67.8 Å². The average molecular weight is 765 g/mol. The summed E-state index contributed by atoms with van der Waals surface area (Å²) in [4.78, 5) is 12.7. The molecular formula is C17H13F3I3NO4S. The zero-order valence-electron chi connectivity index (χ0n) is 14.8. The summed E-state index contributed by atoms with van der Waals surface area (Å²) in [6, 6.07) is 8.76. The maximum atomic E-state index is 12.7. The molecule has 158 valence electrons. The molecule has 0 bridgehead atoms. The molecule has 0 spiro atoms. The van der Waals surface area contributed by atoms with Crippen molar-refractivity contribution < 1.29 is 31.1 Å². The lowest BCUT2D eigenvalue weighted by atomic mass is 9.97. The van der Waals surface area contributed by atoms with Crippen LogP contribution in [-0.2, 0) is 20.4 Å². The minimum atomic E-state index is -5.50. The molecular weight excluding hydrogens is 752 g/mol. The van der Waals surface area contributed by atoms with Crippen molar-refractivity contribution in [3.8, 4) is 0 Å². The predicted molar refractivity (Wildman–Crippen MR) is 128 cm³/mol. The van der Waals surface area contributed by atoms with Crippen LogP contribution in [0, 0.1) is 10.7 Å². The van der Waals surface area contributed by atoms with Crippen LogP contribution in [0.25, 0.3) is 0 Å². The number of nitrogens with one attached hydrogen (secondary N) is 1. The molecule has 0 radical (unpaired) electrons. The number of benzene rings is 2. The third-order valence-electron chi connectivity index (χ3n) is 3.70. The molecule has 0 amide bonds. The number of halogens is 6. The second-order valence-electron chi connectivity index (χ2n) is 6.28. The Morgan fingerprint density at radius 2 is 1.59 bits per heavy atom. The number of rotatable bonds is 5. The highest BCUT2D eigenvalue weighted by Crippen LogP contribution is 2.31. The molecule has 0 aromatic heterocycles. The Balaban J connectivity index is 2.23. The maximum absolute atomic E-state index is 12.7. The van der Waals surface area contributed by atoms with Crippen LogP contribution in [0.1, 0.15) is 29.8 Å². The second-order valence-corrected chi connectivity index (χ2v) is 11.4. The molecule has 0 saturated heterocycles. The third-order valence-corrected chi connectivity index (χ3v) is 8.48. The zero-order valence-corrected chi connectivity index (χ0v) is 22.1. The van der Waals surface area contributed by atoms with Gasteiger partial charge in [0.1, 0.15) is 5.60 Å². The molecule has 0 aliphatic heterocycles. The number of esters is 1. The highest BCUT2D eigenvalue weighted by atomic mass is 127. The normalized spacial score (nSPS) is 12.6. The number of alkyl halides is 3. The first-order valence-corrected chi connectivity index (χ1v) is 12.4. The fourth-order valence-electron chi connectivity index (χ4n) is 2.20. The van der Waals surface area contributed by atoms with Crippen LogP contribution in [0.5, 0.6) is 0 Å². The number of carbonyl (C=O) groups excluding carboxylic acids is 1. The van der Waals surface area contributed by atoms with Crippen molar-refractivity contribution in [3.05, 3.63) is 58.2 Å². The molecule has 0 atom stereocenters. The van der Waals surface area contributed by atoms with Crippen molar-refractivity contribution in [3.63, 3.8) is 0 Å². The van der Waals surface area contributed by atoms with Gasteiger partial charge in [-0.1, -0.05) is 12.1 Å². The zero-order chi connectivity index (χ0) is 22.2. The van der Waals surface area contributed by atoms with E-state index in [1.165, 1.54) is 29.0 Å². The average Bonchev–Trinajstić information content (AvgIpc) is 2.56. The summed E-state index contributed by atoms with van der Waals surface area (Å²) < 4.78 is 69.4. The molecule has 2 rings (SSSR count). The van der Waals surface area contributed by atoms with Crippen LogP contribution in [0.3, 0.4) is 0 Å². The number of carbonyl (C=O) groups is 1. The van der Waals surface area contributed by atoms with Crippen molar-refractivity contribution >= 4 is 89.5 Å². The molecule has 0 saturated carbocycles. The van der Waals surface area contributed by atoms with Gasteiger partial charge in [-0.25, -0.2) is 4.79 Å². The fourth-order valence-corrected chi connectivity index (χ4v) is 5.14. The lowest BCUT2D eigenvalue weighted by Gasteiger charge is -2.26. The van der Waals surface area contributed by atoms with Gasteiger partial charge in [-0.15, -0.1) is 0 Å². The summed E-state index contributed by atoms with van der Waals surface area (Å²) in [5.41, 5.74) is -5.88. The molecule has 0 aliphatic carbocycles. The number of sulfonamides is 1. The van der Waals surface area contributed by atoms with E-state index in [0.717, 1.165) is 10.7 Å². The van der Waals surface area contributed by atoms with Crippen molar-refractivity contribution in [2.45, 2.75) is 25.0 Å². The predicted octanol–water partition coefficient (Wildman–Crippen LogP) is 5.85. The van der Waals surface area contributed by atoms with Gasteiger partial charge in [-0.05, 0) is 111 Å². The molecule has 5 nitrogen and oxygen atoms in total. The van der Waals surface area contributed by atoms with E-state index in [2.05, 4.69) is 67.8 Å². The van der Waals surface area contributed by atoms with Gasteiger partial charge < -0.3 is 4.74 Å². The Morgan fingerprint density at radius 3 is 2.10 bits per heavy atom. The number of hydrogen-bond donors (Lipinski definition) is 1. The topological polar surface area (TPSA) is 72.5 Å². The lowest BCUT2D eigenvalue weighted by molar-refractivity contribution is -0.0429. The van der Waals surface area contributed by atoms with Crippen molar-refractivity contribution in [2.24, 2.45) is 0 Å². The minimum Gasteiger partial charge on any atom is -0.451 e. The van der Waals surface area contributed by atoms with Gasteiger partial charge in [0.15, 0.2) is 0 Å². The quantitative estimate of drug-likeness (QED) is 0.236. The Kier molecular flexibility index (Phi) is 7.74. The van der Waals surface area contributed by atoms with E-state index in [9.17, 15) is 26.4 Å². The number of hydrogen-bond acceptors (Lipinski definition) is 4. The van der Waals surface area contributed by atoms with Crippen LogP contribution in [-0.4, -0.2) is 19.9 Å². The van der Waals surface area contributed by atoms with Crippen LogP contribution in [0.2, 0.25) is 0 Å². The summed E-state index contributed by atoms with van der Waals surface area (Å²) in [6.07, 6.45) is 0. The first kappa shape index (κ1) is 24.9. The summed E-state index contributed by atoms with van der Waals surface area (Å²) in [7, 11) is -5.50. The van der Waals surface area contributed by atoms with Crippen molar-refractivity contribution in [1.82, 2.24) is 0 Å². The van der Waals surface area contributed by atoms with E-state index in [1.807, 2.05) is 6.07 Å². The Morgan fingerprint density at radius 1 is 1.03 bits per heavy atom. The molecule has 2 aromatic rings. The molecule has 0 heterocycles. The van der Waals surface area contributed by atoms with Gasteiger partial charge in [0.05, 0.1) is 5.56 Å². The van der Waals surface area contributed by atoms with E-state index in [-0.39, 0.29) is 5.69 Å². The van der Waals surface area contributed by atoms with Crippen LogP contribution < -0.4 is 4.72 Å². The van der Waals surface area contributed by atoms with Gasteiger partial charge in [0.25, 0.3) is 0 Å². The minimum absolute atomic E-state index is 0.255. The van der Waals surface area contributed by atoms with E-state index >= 15 is 0 Å². The Labute approximate surface area is 206 Å². The number of anilines is 1.